The molecule has 5 heteroatoms. The summed E-state index contributed by atoms with van der Waals surface area (Å²) in [6.07, 6.45) is 4.18. The summed E-state index contributed by atoms with van der Waals surface area (Å²) in [5, 5.41) is 16.2. The maximum Gasteiger partial charge on any atom is 0.274 e. The van der Waals surface area contributed by atoms with E-state index < -0.39 is 0 Å². The normalized spacial score (nSPS) is 16.4. The lowest BCUT2D eigenvalue weighted by Crippen LogP contribution is -2.38. The third-order valence-electron chi connectivity index (χ3n) is 3.50. The molecule has 1 atom stereocenters. The monoisotopic (exact) mass is 237 g/mol. The number of rotatable bonds is 3. The van der Waals surface area contributed by atoms with Crippen molar-refractivity contribution in [1.82, 2.24) is 15.1 Å². The fourth-order valence-corrected chi connectivity index (χ4v) is 2.15. The molecule has 1 aliphatic rings. The number of aliphatic hydroxyl groups is 1. The van der Waals surface area contributed by atoms with Crippen molar-refractivity contribution in [3.05, 3.63) is 17.0 Å². The summed E-state index contributed by atoms with van der Waals surface area (Å²) in [5.74, 6) is -0.106. The zero-order valence-corrected chi connectivity index (χ0v) is 10.4. The Kier molecular flexibility index (Phi) is 3.47. The minimum atomic E-state index is -0.182. The summed E-state index contributed by atoms with van der Waals surface area (Å²) in [6, 6.07) is -0.182. The van der Waals surface area contributed by atoms with Gasteiger partial charge in [0.05, 0.1) is 12.6 Å². The van der Waals surface area contributed by atoms with Gasteiger partial charge < -0.3 is 10.0 Å². The molecule has 1 aliphatic carbocycles. The van der Waals surface area contributed by atoms with Gasteiger partial charge in [-0.2, -0.15) is 5.10 Å². The number of aromatic amines is 1. The molecule has 2 N–H and O–H groups in total. The number of likely N-dealkylation sites (N-methyl/N-ethyl adjacent to an activating group) is 1. The Hall–Kier alpha value is -1.36. The van der Waals surface area contributed by atoms with E-state index in [9.17, 15) is 4.79 Å². The molecule has 17 heavy (non-hydrogen) atoms. The molecule has 0 aliphatic heterocycles. The average Bonchev–Trinajstić information content (AvgIpc) is 2.79. The zero-order chi connectivity index (χ0) is 12.4. The molecule has 0 bridgehead atoms. The highest BCUT2D eigenvalue weighted by atomic mass is 16.3. The Bertz CT molecular complexity index is 414. The summed E-state index contributed by atoms with van der Waals surface area (Å²) < 4.78 is 0. The number of nitrogens with one attached hydrogen (secondary N) is 1. The Labute approximate surface area is 101 Å². The van der Waals surface area contributed by atoms with Gasteiger partial charge in [0.2, 0.25) is 0 Å². The maximum atomic E-state index is 12.2. The van der Waals surface area contributed by atoms with Crippen LogP contribution in [-0.2, 0) is 12.8 Å². The van der Waals surface area contributed by atoms with Gasteiger partial charge in [-0.3, -0.25) is 9.89 Å². The Morgan fingerprint density at radius 1 is 1.53 bits per heavy atom. The minimum Gasteiger partial charge on any atom is -0.394 e. The molecular weight excluding hydrogens is 218 g/mol. The first-order chi connectivity index (χ1) is 8.15. The Morgan fingerprint density at radius 2 is 2.24 bits per heavy atom. The zero-order valence-electron chi connectivity index (χ0n) is 10.4. The molecule has 0 radical (unpaired) electrons. The lowest BCUT2D eigenvalue weighted by atomic mass is 9.95. The van der Waals surface area contributed by atoms with Crippen LogP contribution in [0.25, 0.3) is 0 Å². The third-order valence-corrected chi connectivity index (χ3v) is 3.50. The second-order valence-electron chi connectivity index (χ2n) is 4.68. The van der Waals surface area contributed by atoms with Gasteiger partial charge in [-0.1, -0.05) is 0 Å². The topological polar surface area (TPSA) is 69.2 Å². The van der Waals surface area contributed by atoms with E-state index in [0.29, 0.717) is 5.69 Å². The van der Waals surface area contributed by atoms with Crippen molar-refractivity contribution in [1.29, 1.82) is 0 Å². The van der Waals surface area contributed by atoms with Crippen LogP contribution in [0.2, 0.25) is 0 Å². The molecule has 94 valence electrons. The van der Waals surface area contributed by atoms with Crippen LogP contribution >= 0.6 is 0 Å². The van der Waals surface area contributed by atoms with Gasteiger partial charge in [0.25, 0.3) is 5.91 Å². The second-order valence-corrected chi connectivity index (χ2v) is 4.68. The number of aryl methyl sites for hydroxylation is 1. The molecule has 1 amide bonds. The highest BCUT2D eigenvalue weighted by Gasteiger charge is 2.25. The van der Waals surface area contributed by atoms with Crippen LogP contribution in [0.15, 0.2) is 0 Å². The number of hydrogen-bond donors (Lipinski definition) is 2. The van der Waals surface area contributed by atoms with E-state index in [0.717, 1.165) is 36.9 Å². The first kappa shape index (κ1) is 12.1. The Balaban J connectivity index is 2.22. The number of aliphatic hydroxyl groups excluding tert-OH is 1. The predicted molar refractivity (Wildman–Crippen MR) is 63.9 cm³/mol. The van der Waals surface area contributed by atoms with E-state index in [1.165, 1.54) is 0 Å². The number of fused-ring (bicyclic) bond motifs is 1. The molecule has 1 unspecified atom stereocenters. The van der Waals surface area contributed by atoms with E-state index in [2.05, 4.69) is 10.2 Å². The molecule has 0 spiro atoms. The van der Waals surface area contributed by atoms with E-state index in [1.807, 2.05) is 6.92 Å². The van der Waals surface area contributed by atoms with Crippen LogP contribution in [0.4, 0.5) is 0 Å². The van der Waals surface area contributed by atoms with Crippen LogP contribution in [0.3, 0.4) is 0 Å². The van der Waals surface area contributed by atoms with Crippen molar-refractivity contribution in [3.63, 3.8) is 0 Å². The second kappa shape index (κ2) is 4.87. The Morgan fingerprint density at radius 3 is 2.94 bits per heavy atom. The van der Waals surface area contributed by atoms with Crippen molar-refractivity contribution in [2.24, 2.45) is 0 Å². The maximum absolute atomic E-state index is 12.2. The summed E-state index contributed by atoms with van der Waals surface area (Å²) in [7, 11) is 1.70. The highest BCUT2D eigenvalue weighted by molar-refractivity contribution is 5.94. The van der Waals surface area contributed by atoms with Crippen molar-refractivity contribution in [3.8, 4) is 0 Å². The van der Waals surface area contributed by atoms with Gasteiger partial charge >= 0.3 is 0 Å². The third kappa shape index (κ3) is 2.20. The fraction of sp³-hybridized carbons (Fsp3) is 0.667. The molecule has 1 aromatic rings. The van der Waals surface area contributed by atoms with E-state index >= 15 is 0 Å². The van der Waals surface area contributed by atoms with Gasteiger partial charge in [-0.15, -0.1) is 0 Å². The number of H-pyrrole nitrogens is 1. The number of nitrogens with zero attached hydrogens (tertiary/aromatic N) is 2. The van der Waals surface area contributed by atoms with Gasteiger partial charge in [0.1, 0.15) is 0 Å². The fourth-order valence-electron chi connectivity index (χ4n) is 2.15. The number of aromatic nitrogens is 2. The molecule has 0 saturated carbocycles. The van der Waals surface area contributed by atoms with Crippen LogP contribution in [-0.4, -0.2) is 45.8 Å². The molecular formula is C12H19N3O2. The van der Waals surface area contributed by atoms with Crippen molar-refractivity contribution in [2.75, 3.05) is 13.7 Å². The van der Waals surface area contributed by atoms with Crippen LogP contribution in [0, 0.1) is 0 Å². The van der Waals surface area contributed by atoms with Crippen LogP contribution in [0.5, 0.6) is 0 Å². The molecule has 2 rings (SSSR count). The van der Waals surface area contributed by atoms with Crippen LogP contribution in [0.1, 0.15) is 41.5 Å². The molecule has 0 saturated heterocycles. The first-order valence-electron chi connectivity index (χ1n) is 6.09. The quantitative estimate of drug-likeness (QED) is 0.814. The lowest BCUT2D eigenvalue weighted by molar-refractivity contribution is 0.0675. The van der Waals surface area contributed by atoms with Crippen molar-refractivity contribution < 1.29 is 9.90 Å². The number of hydrogen-bond acceptors (Lipinski definition) is 3. The summed E-state index contributed by atoms with van der Waals surface area (Å²) in [6.45, 7) is 1.78. The van der Waals surface area contributed by atoms with Crippen LogP contribution < -0.4 is 0 Å². The van der Waals surface area contributed by atoms with E-state index in [-0.39, 0.29) is 18.6 Å². The molecule has 1 heterocycles. The van der Waals surface area contributed by atoms with Gasteiger partial charge in [0, 0.05) is 18.3 Å². The minimum absolute atomic E-state index is 0.0329. The van der Waals surface area contributed by atoms with Gasteiger partial charge in [-0.05, 0) is 32.6 Å². The summed E-state index contributed by atoms with van der Waals surface area (Å²) >= 11 is 0. The predicted octanol–water partition coefficient (Wildman–Crippen LogP) is 0.741. The standard InChI is InChI=1S/C12H19N3O2/c1-8(7-16)15(2)12(17)11-9-5-3-4-6-10(9)13-14-11/h8,16H,3-7H2,1-2H3,(H,13,14). The molecule has 1 aromatic heterocycles. The van der Waals surface area contributed by atoms with Crippen molar-refractivity contribution >= 4 is 5.91 Å². The van der Waals surface area contributed by atoms with Gasteiger partial charge in [0.15, 0.2) is 5.69 Å². The SMILES string of the molecule is CC(CO)N(C)C(=O)c1n[nH]c2c1CCCC2. The molecule has 0 aromatic carbocycles. The number of carbonyl (C=O) groups excluding carboxylic acids is 1. The lowest BCUT2D eigenvalue weighted by Gasteiger charge is -2.23. The smallest absolute Gasteiger partial charge is 0.274 e. The molecule has 5 nitrogen and oxygen atoms in total. The summed E-state index contributed by atoms with van der Waals surface area (Å²) in [5.41, 5.74) is 2.70. The van der Waals surface area contributed by atoms with Crippen molar-refractivity contribution in [2.45, 2.75) is 38.6 Å². The van der Waals surface area contributed by atoms with Gasteiger partial charge in [-0.25, -0.2) is 0 Å². The summed E-state index contributed by atoms with van der Waals surface area (Å²) in [4.78, 5) is 13.8. The number of amides is 1. The molecule has 0 fully saturated rings. The first-order valence-corrected chi connectivity index (χ1v) is 6.09. The number of carbonyl (C=O) groups is 1. The van der Waals surface area contributed by atoms with E-state index in [4.69, 9.17) is 5.11 Å². The largest absolute Gasteiger partial charge is 0.394 e. The average molecular weight is 237 g/mol. The van der Waals surface area contributed by atoms with E-state index in [1.54, 1.807) is 11.9 Å². The highest BCUT2D eigenvalue weighted by Crippen LogP contribution is 2.23.